The molecule has 1 fully saturated rings. The van der Waals surface area contributed by atoms with Crippen LogP contribution in [0.1, 0.15) is 5.56 Å². The Balaban J connectivity index is 0.00000162. The molecule has 102 valence electrons. The van der Waals surface area contributed by atoms with Crippen molar-refractivity contribution in [1.82, 2.24) is 10.6 Å². The molecular formula is C12H17Cl3N2O. The van der Waals surface area contributed by atoms with Gasteiger partial charge in [-0.15, -0.1) is 12.4 Å². The summed E-state index contributed by atoms with van der Waals surface area (Å²) >= 11 is 12.0. The summed E-state index contributed by atoms with van der Waals surface area (Å²) in [5.41, 5.74) is 0.986. The minimum absolute atomic E-state index is 0. The molecule has 3 N–H and O–H groups in total. The molecule has 1 aromatic carbocycles. The molecule has 2 rings (SSSR count). The van der Waals surface area contributed by atoms with Crippen LogP contribution in [0.4, 0.5) is 0 Å². The molecule has 0 radical (unpaired) electrons. The Bertz CT molecular complexity index is 390. The lowest BCUT2D eigenvalue weighted by atomic mass is 10.1. The minimum Gasteiger partial charge on any atom is -0.391 e. The maximum Gasteiger partial charge on any atom is 0.0716 e. The number of benzene rings is 1. The number of nitrogens with one attached hydrogen (secondary N) is 2. The van der Waals surface area contributed by atoms with Gasteiger partial charge in [0.15, 0.2) is 0 Å². The molecule has 0 spiro atoms. The van der Waals surface area contributed by atoms with Gasteiger partial charge in [0.1, 0.15) is 0 Å². The summed E-state index contributed by atoms with van der Waals surface area (Å²) < 4.78 is 0. The zero-order valence-electron chi connectivity index (χ0n) is 9.83. The van der Waals surface area contributed by atoms with Crippen LogP contribution in [0.5, 0.6) is 0 Å². The van der Waals surface area contributed by atoms with Crippen LogP contribution < -0.4 is 10.6 Å². The predicted molar refractivity (Wildman–Crippen MR) is 77.8 cm³/mol. The Labute approximate surface area is 123 Å². The van der Waals surface area contributed by atoms with Crippen molar-refractivity contribution in [3.63, 3.8) is 0 Å². The van der Waals surface area contributed by atoms with Gasteiger partial charge in [-0.25, -0.2) is 0 Å². The second-order valence-electron chi connectivity index (χ2n) is 4.35. The summed E-state index contributed by atoms with van der Waals surface area (Å²) in [5, 5.41) is 17.5. The second-order valence-corrected chi connectivity index (χ2v) is 5.20. The zero-order valence-corrected chi connectivity index (χ0v) is 12.2. The average molecular weight is 312 g/mol. The number of rotatable bonds is 4. The number of halogens is 3. The Morgan fingerprint density at radius 3 is 2.78 bits per heavy atom. The van der Waals surface area contributed by atoms with E-state index < -0.39 is 0 Å². The summed E-state index contributed by atoms with van der Waals surface area (Å²) in [6, 6.07) is 5.44. The fourth-order valence-corrected chi connectivity index (χ4v) is 2.38. The smallest absolute Gasteiger partial charge is 0.0716 e. The van der Waals surface area contributed by atoms with Gasteiger partial charge in [0, 0.05) is 42.1 Å². The van der Waals surface area contributed by atoms with Gasteiger partial charge in [0.2, 0.25) is 0 Å². The molecule has 3 nitrogen and oxygen atoms in total. The molecule has 1 aliphatic rings. The van der Waals surface area contributed by atoms with Crippen LogP contribution in [0.15, 0.2) is 18.2 Å². The normalized spacial score (nSPS) is 22.8. The molecule has 18 heavy (non-hydrogen) atoms. The monoisotopic (exact) mass is 310 g/mol. The predicted octanol–water partition coefficient (Wildman–Crippen LogP) is 2.09. The Morgan fingerprint density at radius 2 is 2.11 bits per heavy atom. The highest BCUT2D eigenvalue weighted by molar-refractivity contribution is 6.33. The SMILES string of the molecule is Cl.OC1CNCC1CNCc1cc(Cl)ccc1Cl. The van der Waals surface area contributed by atoms with E-state index in [1.54, 1.807) is 12.1 Å². The Hall–Kier alpha value is -0.0300. The lowest BCUT2D eigenvalue weighted by Gasteiger charge is -2.14. The topological polar surface area (TPSA) is 44.3 Å². The largest absolute Gasteiger partial charge is 0.391 e. The van der Waals surface area contributed by atoms with Gasteiger partial charge in [-0.2, -0.15) is 0 Å². The van der Waals surface area contributed by atoms with Gasteiger partial charge in [-0.1, -0.05) is 23.2 Å². The van der Waals surface area contributed by atoms with Crippen molar-refractivity contribution < 1.29 is 5.11 Å². The van der Waals surface area contributed by atoms with Crippen LogP contribution >= 0.6 is 35.6 Å². The summed E-state index contributed by atoms with van der Waals surface area (Å²) in [7, 11) is 0. The van der Waals surface area contributed by atoms with Crippen molar-refractivity contribution in [1.29, 1.82) is 0 Å². The van der Waals surface area contributed by atoms with Crippen molar-refractivity contribution in [2.75, 3.05) is 19.6 Å². The summed E-state index contributed by atoms with van der Waals surface area (Å²) in [4.78, 5) is 0. The van der Waals surface area contributed by atoms with Crippen molar-refractivity contribution >= 4 is 35.6 Å². The van der Waals surface area contributed by atoms with Gasteiger partial charge >= 0.3 is 0 Å². The molecule has 0 aromatic heterocycles. The molecule has 1 aliphatic heterocycles. The van der Waals surface area contributed by atoms with Gasteiger partial charge in [0.25, 0.3) is 0 Å². The lowest BCUT2D eigenvalue weighted by Crippen LogP contribution is -2.30. The van der Waals surface area contributed by atoms with E-state index in [4.69, 9.17) is 23.2 Å². The first-order valence-corrected chi connectivity index (χ1v) is 6.46. The van der Waals surface area contributed by atoms with E-state index in [0.29, 0.717) is 23.1 Å². The van der Waals surface area contributed by atoms with Gasteiger partial charge in [0.05, 0.1) is 6.10 Å². The average Bonchev–Trinajstić information content (AvgIpc) is 2.70. The van der Waals surface area contributed by atoms with E-state index in [9.17, 15) is 5.11 Å². The number of hydrogen-bond acceptors (Lipinski definition) is 3. The first-order chi connectivity index (χ1) is 8.16. The standard InChI is InChI=1S/C12H16Cl2N2O.ClH/c13-10-1-2-11(14)8(3-10)4-15-5-9-6-16-7-12(9)17;/h1-3,9,12,15-17H,4-7H2;1H. The van der Waals surface area contributed by atoms with E-state index in [2.05, 4.69) is 10.6 Å². The molecule has 1 saturated heterocycles. The number of aliphatic hydroxyl groups is 1. The maximum atomic E-state index is 9.64. The van der Waals surface area contributed by atoms with Crippen molar-refractivity contribution in [2.45, 2.75) is 12.6 Å². The fraction of sp³-hybridized carbons (Fsp3) is 0.500. The van der Waals surface area contributed by atoms with Crippen LogP contribution in [0.25, 0.3) is 0 Å². The molecule has 1 heterocycles. The van der Waals surface area contributed by atoms with Crippen molar-refractivity contribution in [2.24, 2.45) is 5.92 Å². The van der Waals surface area contributed by atoms with Gasteiger partial charge < -0.3 is 15.7 Å². The molecular weight excluding hydrogens is 295 g/mol. The second kappa shape index (κ2) is 7.53. The van der Waals surface area contributed by atoms with Crippen molar-refractivity contribution in [3.8, 4) is 0 Å². The van der Waals surface area contributed by atoms with E-state index in [1.165, 1.54) is 0 Å². The summed E-state index contributed by atoms with van der Waals surface area (Å²) in [6.07, 6.45) is -0.252. The third-order valence-electron chi connectivity index (χ3n) is 3.03. The third-order valence-corrected chi connectivity index (χ3v) is 3.64. The van der Waals surface area contributed by atoms with E-state index in [0.717, 1.165) is 18.7 Å². The first-order valence-electron chi connectivity index (χ1n) is 5.70. The Morgan fingerprint density at radius 1 is 1.33 bits per heavy atom. The quantitative estimate of drug-likeness (QED) is 0.798. The molecule has 0 amide bonds. The molecule has 2 atom stereocenters. The first kappa shape index (κ1) is 16.0. The summed E-state index contributed by atoms with van der Waals surface area (Å²) in [6.45, 7) is 2.99. The van der Waals surface area contributed by atoms with Crippen LogP contribution in [0.3, 0.4) is 0 Å². The number of aliphatic hydroxyl groups excluding tert-OH is 1. The number of β-amino-alcohol motifs (C(OH)–C–C–N with tert-alkyl or cyclic N) is 1. The fourth-order valence-electron chi connectivity index (χ4n) is 2.00. The van der Waals surface area contributed by atoms with E-state index in [1.807, 2.05) is 6.07 Å². The van der Waals surface area contributed by atoms with Crippen LogP contribution in [0.2, 0.25) is 10.0 Å². The molecule has 0 bridgehead atoms. The molecule has 0 saturated carbocycles. The number of hydrogen-bond donors (Lipinski definition) is 3. The Kier molecular flexibility index (Phi) is 6.71. The van der Waals surface area contributed by atoms with Crippen LogP contribution in [0, 0.1) is 5.92 Å². The zero-order chi connectivity index (χ0) is 12.3. The van der Waals surface area contributed by atoms with E-state index >= 15 is 0 Å². The van der Waals surface area contributed by atoms with Crippen LogP contribution in [-0.2, 0) is 6.54 Å². The maximum absolute atomic E-state index is 9.64. The highest BCUT2D eigenvalue weighted by Gasteiger charge is 2.24. The summed E-state index contributed by atoms with van der Waals surface area (Å²) in [5.74, 6) is 0.271. The van der Waals surface area contributed by atoms with Crippen LogP contribution in [-0.4, -0.2) is 30.8 Å². The molecule has 1 aromatic rings. The van der Waals surface area contributed by atoms with Gasteiger partial charge in [-0.05, 0) is 23.8 Å². The van der Waals surface area contributed by atoms with E-state index in [-0.39, 0.29) is 24.4 Å². The molecule has 0 aliphatic carbocycles. The highest BCUT2D eigenvalue weighted by Crippen LogP contribution is 2.20. The highest BCUT2D eigenvalue weighted by atomic mass is 35.5. The lowest BCUT2D eigenvalue weighted by molar-refractivity contribution is 0.146. The molecule has 6 heteroatoms. The minimum atomic E-state index is -0.252. The molecule has 2 unspecified atom stereocenters. The van der Waals surface area contributed by atoms with Gasteiger partial charge in [-0.3, -0.25) is 0 Å². The third kappa shape index (κ3) is 4.26. The van der Waals surface area contributed by atoms with Crippen molar-refractivity contribution in [3.05, 3.63) is 33.8 Å².